The maximum Gasteiger partial charge on any atom is 0.207 e. The van der Waals surface area contributed by atoms with Crippen LogP contribution in [-0.2, 0) is 9.84 Å². The Morgan fingerprint density at radius 1 is 0.326 bits per heavy atom. The van der Waals surface area contributed by atoms with Crippen molar-refractivity contribution in [2.24, 2.45) is 0 Å². The molecule has 0 aliphatic carbocycles. The molecule has 0 bridgehead atoms. The Morgan fingerprint density at radius 2 is 0.605 bits per heavy atom. The lowest BCUT2D eigenvalue weighted by molar-refractivity contribution is 0.596. The fourth-order valence-electron chi connectivity index (χ4n) is 5.57. The summed E-state index contributed by atoms with van der Waals surface area (Å²) in [5.41, 5.74) is 32.6. The molecule has 0 amide bonds. The molecule has 0 aromatic heterocycles. The van der Waals surface area contributed by atoms with Crippen molar-refractivity contribution in [2.75, 3.05) is 22.9 Å². The van der Waals surface area contributed by atoms with Gasteiger partial charge in [0, 0.05) is 56.1 Å². The summed E-state index contributed by atoms with van der Waals surface area (Å²) in [6.45, 7) is 0. The van der Waals surface area contributed by atoms with Gasteiger partial charge in [-0.25, -0.2) is 8.42 Å². The van der Waals surface area contributed by atoms with Gasteiger partial charge in [0.2, 0.25) is 9.84 Å². The number of anilines is 4. The van der Waals surface area contributed by atoms with Crippen LogP contribution in [-0.4, -0.2) is 8.42 Å². The number of benzene rings is 6. The van der Waals surface area contributed by atoms with Crippen LogP contribution >= 0.6 is 0 Å². The Bertz CT molecular complexity index is 1960. The Kier molecular flexibility index (Phi) is 7.09. The number of para-hydroxylation sites is 4. The molecule has 6 nitrogen and oxygen atoms in total. The van der Waals surface area contributed by atoms with Gasteiger partial charge in [0.1, 0.15) is 0 Å². The molecule has 43 heavy (non-hydrogen) atoms. The number of hydrogen-bond donors (Lipinski definition) is 4. The third-order valence-corrected chi connectivity index (χ3v) is 9.43. The lowest BCUT2D eigenvalue weighted by atomic mass is 9.92. The zero-order valence-electron chi connectivity index (χ0n) is 23.2. The topological polar surface area (TPSA) is 138 Å². The Balaban J connectivity index is 1.72. The summed E-state index contributed by atoms with van der Waals surface area (Å²) in [5.74, 6) is 0. The average Bonchev–Trinajstić information content (AvgIpc) is 3.01. The summed E-state index contributed by atoms with van der Waals surface area (Å²) >= 11 is 0. The highest BCUT2D eigenvalue weighted by Crippen LogP contribution is 2.47. The smallest absolute Gasteiger partial charge is 0.207 e. The van der Waals surface area contributed by atoms with Gasteiger partial charge in [-0.15, -0.1) is 0 Å². The van der Waals surface area contributed by atoms with Crippen LogP contribution in [0.1, 0.15) is 0 Å². The van der Waals surface area contributed by atoms with Crippen LogP contribution in [0.15, 0.2) is 143 Å². The van der Waals surface area contributed by atoms with Crippen molar-refractivity contribution in [3.63, 3.8) is 0 Å². The SMILES string of the molecule is Nc1ccccc1-c1cccc(S(=O)(=O)c2cccc(-c3ccccc3N)c2-c2ccccc2N)c1-c1ccccc1N. The van der Waals surface area contributed by atoms with E-state index in [4.69, 9.17) is 22.9 Å². The Labute approximate surface area is 251 Å². The molecule has 6 rings (SSSR count). The Hall–Kier alpha value is -5.53. The molecule has 0 saturated carbocycles. The highest BCUT2D eigenvalue weighted by molar-refractivity contribution is 7.91. The molecule has 6 aromatic rings. The molecular formula is C36H30N4O2S. The van der Waals surface area contributed by atoms with E-state index in [1.54, 1.807) is 48.5 Å². The van der Waals surface area contributed by atoms with E-state index in [9.17, 15) is 0 Å². The zero-order chi connectivity index (χ0) is 30.1. The van der Waals surface area contributed by atoms with Gasteiger partial charge in [-0.2, -0.15) is 0 Å². The molecule has 0 aliphatic rings. The van der Waals surface area contributed by atoms with Gasteiger partial charge in [0.15, 0.2) is 0 Å². The van der Waals surface area contributed by atoms with Crippen LogP contribution in [0.3, 0.4) is 0 Å². The molecule has 0 fully saturated rings. The van der Waals surface area contributed by atoms with Gasteiger partial charge in [-0.3, -0.25) is 0 Å². The lowest BCUT2D eigenvalue weighted by Gasteiger charge is -2.21. The second-order valence-electron chi connectivity index (χ2n) is 10.2. The average molecular weight is 583 g/mol. The minimum atomic E-state index is -4.21. The van der Waals surface area contributed by atoms with Crippen LogP contribution in [0.4, 0.5) is 22.7 Å². The number of nitrogens with two attached hydrogens (primary N) is 4. The van der Waals surface area contributed by atoms with Gasteiger partial charge in [0.05, 0.1) is 9.79 Å². The van der Waals surface area contributed by atoms with Gasteiger partial charge in [-0.1, -0.05) is 97.1 Å². The third-order valence-electron chi connectivity index (χ3n) is 7.59. The van der Waals surface area contributed by atoms with E-state index in [-0.39, 0.29) is 9.79 Å². The monoisotopic (exact) mass is 582 g/mol. The normalized spacial score (nSPS) is 11.3. The highest BCUT2D eigenvalue weighted by Gasteiger charge is 2.30. The zero-order valence-corrected chi connectivity index (χ0v) is 24.1. The summed E-state index contributed by atoms with van der Waals surface area (Å²) in [7, 11) is -4.21. The Morgan fingerprint density at radius 3 is 0.930 bits per heavy atom. The minimum absolute atomic E-state index is 0.0973. The molecular weight excluding hydrogens is 552 g/mol. The number of nitrogen functional groups attached to an aromatic ring is 4. The second-order valence-corrected chi connectivity index (χ2v) is 12.1. The van der Waals surface area contributed by atoms with Crippen molar-refractivity contribution >= 4 is 32.6 Å². The van der Waals surface area contributed by atoms with E-state index in [1.807, 2.05) is 84.9 Å². The summed E-state index contributed by atoms with van der Waals surface area (Å²) in [6, 6.07) is 39.6. The standard InChI is InChI=1S/C36H30N4O2S/c37-29-17-5-1-11-23(29)25-15-9-21-33(35(25)27-13-3-7-19-31(27)39)43(41,42)34-22-10-16-26(24-12-2-6-18-30(24)38)36(34)28-14-4-8-20-32(28)40/h1-22H,37-40H2. The molecule has 8 N–H and O–H groups in total. The molecule has 0 heterocycles. The first-order valence-corrected chi connectivity index (χ1v) is 15.2. The quantitative estimate of drug-likeness (QED) is 0.150. The molecule has 0 aliphatic heterocycles. The van der Waals surface area contributed by atoms with Gasteiger partial charge in [0.25, 0.3) is 0 Å². The number of sulfone groups is 1. The summed E-state index contributed by atoms with van der Waals surface area (Å²) in [6.07, 6.45) is 0. The first-order valence-electron chi connectivity index (χ1n) is 13.7. The van der Waals surface area contributed by atoms with Crippen LogP contribution in [0.2, 0.25) is 0 Å². The maximum absolute atomic E-state index is 15.0. The van der Waals surface area contributed by atoms with E-state index >= 15 is 8.42 Å². The van der Waals surface area contributed by atoms with E-state index in [0.717, 1.165) is 0 Å². The van der Waals surface area contributed by atoms with Gasteiger partial charge < -0.3 is 22.9 Å². The summed E-state index contributed by atoms with van der Waals surface area (Å²) < 4.78 is 30.1. The van der Waals surface area contributed by atoms with Crippen molar-refractivity contribution in [1.29, 1.82) is 0 Å². The summed E-state index contributed by atoms with van der Waals surface area (Å²) in [5, 5.41) is 0. The molecule has 212 valence electrons. The van der Waals surface area contributed by atoms with Gasteiger partial charge >= 0.3 is 0 Å². The largest absolute Gasteiger partial charge is 0.398 e. The number of hydrogen-bond acceptors (Lipinski definition) is 6. The van der Waals surface area contributed by atoms with E-state index in [1.165, 1.54) is 0 Å². The highest BCUT2D eigenvalue weighted by atomic mass is 32.2. The lowest BCUT2D eigenvalue weighted by Crippen LogP contribution is -2.09. The first-order chi connectivity index (χ1) is 20.8. The molecule has 0 saturated heterocycles. The molecule has 0 unspecified atom stereocenters. The molecule has 6 aromatic carbocycles. The van der Waals surface area contributed by atoms with Gasteiger partial charge in [-0.05, 0) is 47.5 Å². The van der Waals surface area contributed by atoms with Crippen LogP contribution in [0, 0.1) is 0 Å². The van der Waals surface area contributed by atoms with E-state index < -0.39 is 9.84 Å². The van der Waals surface area contributed by atoms with Crippen LogP contribution < -0.4 is 22.9 Å². The van der Waals surface area contributed by atoms with Crippen molar-refractivity contribution in [3.8, 4) is 44.5 Å². The van der Waals surface area contributed by atoms with Crippen LogP contribution in [0.25, 0.3) is 44.5 Å². The van der Waals surface area contributed by atoms with Crippen molar-refractivity contribution in [2.45, 2.75) is 9.79 Å². The molecule has 0 radical (unpaired) electrons. The maximum atomic E-state index is 15.0. The molecule has 7 heteroatoms. The third kappa shape index (κ3) is 4.86. The minimum Gasteiger partial charge on any atom is -0.398 e. The molecule has 0 spiro atoms. The second kappa shape index (κ2) is 11.0. The fraction of sp³-hybridized carbons (Fsp3) is 0. The van der Waals surface area contributed by atoms with Crippen LogP contribution in [0.5, 0.6) is 0 Å². The van der Waals surface area contributed by atoms with E-state index in [0.29, 0.717) is 67.3 Å². The molecule has 0 atom stereocenters. The predicted octanol–water partition coefficient (Wildman–Crippen LogP) is 7.52. The van der Waals surface area contributed by atoms with E-state index in [2.05, 4.69) is 0 Å². The summed E-state index contributed by atoms with van der Waals surface area (Å²) in [4.78, 5) is 0.195. The first kappa shape index (κ1) is 27.6. The van der Waals surface area contributed by atoms with Crippen molar-refractivity contribution in [3.05, 3.63) is 133 Å². The van der Waals surface area contributed by atoms with Crippen molar-refractivity contribution < 1.29 is 8.42 Å². The predicted molar refractivity (Wildman–Crippen MR) is 178 cm³/mol. The fourth-order valence-corrected chi connectivity index (χ4v) is 7.30. The van der Waals surface area contributed by atoms with Crippen molar-refractivity contribution in [1.82, 2.24) is 0 Å². The number of rotatable bonds is 6.